The molecule has 5 heteroatoms. The fourth-order valence-corrected chi connectivity index (χ4v) is 4.81. The Morgan fingerprint density at radius 2 is 1.84 bits per heavy atom. The SMILES string of the molecule is CS(=O)(=O)C1CCCC(NC2CCCCC2CO)C1. The van der Waals surface area contributed by atoms with E-state index in [9.17, 15) is 13.5 Å². The Kier molecular flexibility index (Phi) is 5.26. The minimum atomic E-state index is -2.91. The summed E-state index contributed by atoms with van der Waals surface area (Å²) in [7, 11) is -2.91. The van der Waals surface area contributed by atoms with E-state index in [1.165, 1.54) is 19.1 Å². The average molecular weight is 289 g/mol. The van der Waals surface area contributed by atoms with Crippen LogP contribution in [0.1, 0.15) is 51.4 Å². The molecule has 2 N–H and O–H groups in total. The van der Waals surface area contributed by atoms with Gasteiger partial charge in [-0.25, -0.2) is 8.42 Å². The molecule has 2 fully saturated rings. The zero-order valence-corrected chi connectivity index (χ0v) is 12.7. The molecule has 0 spiro atoms. The second-order valence-corrected chi connectivity index (χ2v) is 8.64. The highest BCUT2D eigenvalue weighted by atomic mass is 32.2. The van der Waals surface area contributed by atoms with Gasteiger partial charge in [0.1, 0.15) is 9.84 Å². The van der Waals surface area contributed by atoms with Crippen molar-refractivity contribution in [2.75, 3.05) is 12.9 Å². The summed E-state index contributed by atoms with van der Waals surface area (Å²) in [4.78, 5) is 0. The van der Waals surface area contributed by atoms with Crippen LogP contribution in [0.5, 0.6) is 0 Å². The van der Waals surface area contributed by atoms with Gasteiger partial charge in [0.2, 0.25) is 0 Å². The van der Waals surface area contributed by atoms with Crippen molar-refractivity contribution >= 4 is 9.84 Å². The smallest absolute Gasteiger partial charge is 0.150 e. The van der Waals surface area contributed by atoms with Gasteiger partial charge >= 0.3 is 0 Å². The van der Waals surface area contributed by atoms with Gasteiger partial charge in [-0.15, -0.1) is 0 Å². The van der Waals surface area contributed by atoms with Crippen LogP contribution in [-0.2, 0) is 9.84 Å². The summed E-state index contributed by atoms with van der Waals surface area (Å²) in [6.07, 6.45) is 9.61. The number of hydrogen-bond acceptors (Lipinski definition) is 4. The topological polar surface area (TPSA) is 66.4 Å². The van der Waals surface area contributed by atoms with E-state index in [1.54, 1.807) is 0 Å². The zero-order valence-electron chi connectivity index (χ0n) is 11.8. The Labute approximate surface area is 116 Å². The second-order valence-electron chi connectivity index (χ2n) is 6.32. The normalized spacial score (nSPS) is 37.2. The predicted octanol–water partition coefficient (Wildman–Crippen LogP) is 1.48. The first kappa shape index (κ1) is 15.3. The van der Waals surface area contributed by atoms with Crippen molar-refractivity contribution in [3.05, 3.63) is 0 Å². The van der Waals surface area contributed by atoms with Gasteiger partial charge in [0.15, 0.2) is 0 Å². The maximum absolute atomic E-state index is 11.7. The summed E-state index contributed by atoms with van der Waals surface area (Å²) < 4.78 is 23.4. The molecule has 112 valence electrons. The first-order chi connectivity index (χ1) is 9.00. The fraction of sp³-hybridized carbons (Fsp3) is 1.00. The molecule has 2 saturated carbocycles. The van der Waals surface area contributed by atoms with Gasteiger partial charge in [-0.05, 0) is 38.0 Å². The third-order valence-electron chi connectivity index (χ3n) is 4.82. The highest BCUT2D eigenvalue weighted by molar-refractivity contribution is 7.91. The number of nitrogens with one attached hydrogen (secondary N) is 1. The van der Waals surface area contributed by atoms with E-state index in [1.807, 2.05) is 0 Å². The lowest BCUT2D eigenvalue weighted by Gasteiger charge is -2.37. The van der Waals surface area contributed by atoms with Crippen molar-refractivity contribution in [1.29, 1.82) is 0 Å². The summed E-state index contributed by atoms with van der Waals surface area (Å²) in [5.41, 5.74) is 0. The third-order valence-corrected chi connectivity index (χ3v) is 6.46. The minimum absolute atomic E-state index is 0.171. The lowest BCUT2D eigenvalue weighted by Crippen LogP contribution is -2.48. The van der Waals surface area contributed by atoms with Crippen LogP contribution in [0.4, 0.5) is 0 Å². The molecule has 0 saturated heterocycles. The van der Waals surface area contributed by atoms with E-state index >= 15 is 0 Å². The number of aliphatic hydroxyl groups excluding tert-OH is 1. The van der Waals surface area contributed by atoms with Crippen molar-refractivity contribution in [2.24, 2.45) is 5.92 Å². The van der Waals surface area contributed by atoms with Gasteiger partial charge in [0.05, 0.1) is 5.25 Å². The van der Waals surface area contributed by atoms with Crippen molar-refractivity contribution in [3.8, 4) is 0 Å². The van der Waals surface area contributed by atoms with Crippen molar-refractivity contribution in [3.63, 3.8) is 0 Å². The van der Waals surface area contributed by atoms with E-state index in [0.717, 1.165) is 38.5 Å². The lowest BCUT2D eigenvalue weighted by molar-refractivity contribution is 0.140. The van der Waals surface area contributed by atoms with Crippen LogP contribution in [-0.4, -0.2) is 43.7 Å². The third kappa shape index (κ3) is 4.17. The van der Waals surface area contributed by atoms with Gasteiger partial charge in [-0.2, -0.15) is 0 Å². The molecule has 0 aromatic heterocycles. The number of rotatable bonds is 4. The molecule has 0 amide bonds. The molecule has 2 aliphatic carbocycles. The van der Waals surface area contributed by atoms with Gasteiger partial charge in [0.25, 0.3) is 0 Å². The first-order valence-electron chi connectivity index (χ1n) is 7.56. The molecule has 4 unspecified atom stereocenters. The standard InChI is InChI=1S/C14H27NO3S/c1-19(17,18)13-7-4-6-12(9-13)15-14-8-3-2-5-11(14)10-16/h11-16H,2-10H2,1H3. The Balaban J connectivity index is 1.91. The minimum Gasteiger partial charge on any atom is -0.396 e. The number of sulfone groups is 1. The van der Waals surface area contributed by atoms with Crippen molar-refractivity contribution in [2.45, 2.75) is 68.7 Å². The Hall–Kier alpha value is -0.130. The van der Waals surface area contributed by atoms with Crippen LogP contribution in [0.15, 0.2) is 0 Å². The van der Waals surface area contributed by atoms with Gasteiger partial charge in [-0.3, -0.25) is 0 Å². The van der Waals surface area contributed by atoms with E-state index < -0.39 is 9.84 Å². The molecule has 0 radical (unpaired) electrons. The first-order valence-corrected chi connectivity index (χ1v) is 9.52. The molecular formula is C14H27NO3S. The second kappa shape index (κ2) is 6.55. The highest BCUT2D eigenvalue weighted by Crippen LogP contribution is 2.28. The van der Waals surface area contributed by atoms with Crippen LogP contribution in [0.25, 0.3) is 0 Å². The number of hydrogen-bond donors (Lipinski definition) is 2. The van der Waals surface area contributed by atoms with Gasteiger partial charge < -0.3 is 10.4 Å². The maximum Gasteiger partial charge on any atom is 0.150 e. The summed E-state index contributed by atoms with van der Waals surface area (Å²) in [6, 6.07) is 0.688. The van der Waals surface area contributed by atoms with Crippen LogP contribution < -0.4 is 5.32 Å². The Morgan fingerprint density at radius 3 is 2.53 bits per heavy atom. The summed E-state index contributed by atoms with van der Waals surface area (Å²) >= 11 is 0. The van der Waals surface area contributed by atoms with E-state index in [0.29, 0.717) is 18.0 Å². The average Bonchev–Trinajstić information content (AvgIpc) is 2.39. The van der Waals surface area contributed by atoms with Crippen LogP contribution in [0.3, 0.4) is 0 Å². The largest absolute Gasteiger partial charge is 0.396 e. The van der Waals surface area contributed by atoms with E-state index in [4.69, 9.17) is 0 Å². The number of aliphatic hydroxyl groups is 1. The molecule has 0 heterocycles. The maximum atomic E-state index is 11.7. The summed E-state index contributed by atoms with van der Waals surface area (Å²) in [5.74, 6) is 0.354. The fourth-order valence-electron chi connectivity index (χ4n) is 3.63. The van der Waals surface area contributed by atoms with E-state index in [-0.39, 0.29) is 11.9 Å². The molecule has 19 heavy (non-hydrogen) atoms. The van der Waals surface area contributed by atoms with Crippen molar-refractivity contribution in [1.82, 2.24) is 5.32 Å². The lowest BCUT2D eigenvalue weighted by atomic mass is 9.83. The monoisotopic (exact) mass is 289 g/mol. The summed E-state index contributed by atoms with van der Waals surface area (Å²) in [5, 5.41) is 12.9. The molecule has 2 rings (SSSR count). The molecular weight excluding hydrogens is 262 g/mol. The molecule has 2 aliphatic rings. The Bertz CT molecular complexity index is 382. The van der Waals surface area contributed by atoms with E-state index in [2.05, 4.69) is 5.32 Å². The Morgan fingerprint density at radius 1 is 1.11 bits per heavy atom. The highest BCUT2D eigenvalue weighted by Gasteiger charge is 2.32. The molecule has 0 aromatic rings. The van der Waals surface area contributed by atoms with Gasteiger partial charge in [0, 0.05) is 24.9 Å². The molecule has 4 atom stereocenters. The summed E-state index contributed by atoms with van der Waals surface area (Å²) in [6.45, 7) is 0.250. The van der Waals surface area contributed by atoms with Crippen LogP contribution in [0.2, 0.25) is 0 Å². The van der Waals surface area contributed by atoms with Crippen molar-refractivity contribution < 1.29 is 13.5 Å². The molecule has 4 nitrogen and oxygen atoms in total. The van der Waals surface area contributed by atoms with Crippen LogP contribution >= 0.6 is 0 Å². The quantitative estimate of drug-likeness (QED) is 0.823. The van der Waals surface area contributed by atoms with Gasteiger partial charge in [-0.1, -0.05) is 19.3 Å². The van der Waals surface area contributed by atoms with Crippen LogP contribution in [0, 0.1) is 5.92 Å². The molecule has 0 aromatic carbocycles. The molecule has 0 bridgehead atoms. The predicted molar refractivity (Wildman–Crippen MR) is 76.9 cm³/mol. The zero-order chi connectivity index (χ0) is 13.9. The molecule has 0 aliphatic heterocycles.